The number of rotatable bonds is 4. The number of nitrogens with zero attached hydrogens (tertiary/aromatic N) is 2. The van der Waals surface area contributed by atoms with E-state index >= 15 is 0 Å². The maximum absolute atomic E-state index is 3.77. The van der Waals surface area contributed by atoms with Crippen molar-refractivity contribution in [3.05, 3.63) is 0 Å². The molecule has 1 aliphatic heterocycles. The third-order valence-electron chi connectivity index (χ3n) is 4.54. The van der Waals surface area contributed by atoms with Crippen LogP contribution in [0.3, 0.4) is 0 Å². The molecule has 3 heteroatoms. The van der Waals surface area contributed by atoms with Gasteiger partial charge in [0.25, 0.3) is 0 Å². The van der Waals surface area contributed by atoms with Crippen LogP contribution >= 0.6 is 0 Å². The largest absolute Gasteiger partial charge is 0.312 e. The molecule has 1 saturated heterocycles. The van der Waals surface area contributed by atoms with Crippen molar-refractivity contribution in [2.75, 3.05) is 46.3 Å². The second-order valence-electron chi connectivity index (χ2n) is 5.97. The van der Waals surface area contributed by atoms with Gasteiger partial charge in [0, 0.05) is 45.3 Å². The Morgan fingerprint density at radius 3 is 2.47 bits per heavy atom. The summed E-state index contributed by atoms with van der Waals surface area (Å²) in [6, 6.07) is 0.788. The zero-order valence-electron chi connectivity index (χ0n) is 11.6. The SMILES string of the molecule is CC1CCCCC1NCCN1CCN(C)CC1. The lowest BCUT2D eigenvalue weighted by atomic mass is 9.86. The van der Waals surface area contributed by atoms with Gasteiger partial charge in [0.15, 0.2) is 0 Å². The Bertz CT molecular complexity index is 212. The summed E-state index contributed by atoms with van der Waals surface area (Å²) in [4.78, 5) is 5.02. The number of hydrogen-bond donors (Lipinski definition) is 1. The van der Waals surface area contributed by atoms with Crippen LogP contribution in [-0.4, -0.2) is 62.2 Å². The minimum absolute atomic E-state index is 0.788. The van der Waals surface area contributed by atoms with E-state index in [4.69, 9.17) is 0 Å². The van der Waals surface area contributed by atoms with E-state index in [0.717, 1.165) is 12.0 Å². The molecule has 1 aliphatic carbocycles. The van der Waals surface area contributed by atoms with Crippen molar-refractivity contribution in [1.29, 1.82) is 0 Å². The van der Waals surface area contributed by atoms with Gasteiger partial charge in [-0.05, 0) is 25.8 Å². The van der Waals surface area contributed by atoms with Crippen LogP contribution in [0.5, 0.6) is 0 Å². The van der Waals surface area contributed by atoms with Crippen molar-refractivity contribution in [2.24, 2.45) is 5.92 Å². The topological polar surface area (TPSA) is 18.5 Å². The monoisotopic (exact) mass is 239 g/mol. The lowest BCUT2D eigenvalue weighted by Crippen LogP contribution is -2.48. The van der Waals surface area contributed by atoms with E-state index in [1.54, 1.807) is 0 Å². The number of hydrogen-bond acceptors (Lipinski definition) is 3. The predicted octanol–water partition coefficient (Wildman–Crippen LogP) is 1.40. The molecule has 17 heavy (non-hydrogen) atoms. The van der Waals surface area contributed by atoms with Crippen LogP contribution in [0.25, 0.3) is 0 Å². The van der Waals surface area contributed by atoms with Crippen molar-refractivity contribution in [1.82, 2.24) is 15.1 Å². The van der Waals surface area contributed by atoms with Gasteiger partial charge >= 0.3 is 0 Å². The molecule has 100 valence electrons. The summed E-state index contributed by atoms with van der Waals surface area (Å²) in [6.07, 6.45) is 5.68. The second kappa shape index (κ2) is 6.72. The van der Waals surface area contributed by atoms with E-state index in [0.29, 0.717) is 0 Å². The quantitative estimate of drug-likeness (QED) is 0.800. The summed E-state index contributed by atoms with van der Waals surface area (Å²) < 4.78 is 0. The fraction of sp³-hybridized carbons (Fsp3) is 1.00. The van der Waals surface area contributed by atoms with Gasteiger partial charge < -0.3 is 10.2 Å². The molecular formula is C14H29N3. The highest BCUT2D eigenvalue weighted by molar-refractivity contribution is 4.79. The van der Waals surface area contributed by atoms with E-state index in [2.05, 4.69) is 29.1 Å². The molecule has 0 aromatic rings. The van der Waals surface area contributed by atoms with Crippen molar-refractivity contribution < 1.29 is 0 Å². The Hall–Kier alpha value is -0.120. The van der Waals surface area contributed by atoms with Gasteiger partial charge in [-0.3, -0.25) is 4.90 Å². The van der Waals surface area contributed by atoms with E-state index < -0.39 is 0 Å². The normalized spacial score (nSPS) is 32.8. The highest BCUT2D eigenvalue weighted by Gasteiger charge is 2.20. The average Bonchev–Trinajstić information content (AvgIpc) is 2.34. The molecule has 2 fully saturated rings. The average molecular weight is 239 g/mol. The van der Waals surface area contributed by atoms with Gasteiger partial charge in [-0.25, -0.2) is 0 Å². The van der Waals surface area contributed by atoms with Crippen LogP contribution in [0.15, 0.2) is 0 Å². The zero-order valence-corrected chi connectivity index (χ0v) is 11.6. The molecule has 0 amide bonds. The van der Waals surface area contributed by atoms with E-state index in [9.17, 15) is 0 Å². The highest BCUT2D eigenvalue weighted by atomic mass is 15.2. The van der Waals surface area contributed by atoms with Gasteiger partial charge in [-0.1, -0.05) is 19.8 Å². The second-order valence-corrected chi connectivity index (χ2v) is 5.97. The van der Waals surface area contributed by atoms with Crippen LogP contribution in [-0.2, 0) is 0 Å². The number of nitrogens with one attached hydrogen (secondary N) is 1. The van der Waals surface area contributed by atoms with Gasteiger partial charge in [-0.2, -0.15) is 0 Å². The zero-order chi connectivity index (χ0) is 12.1. The Labute approximate surface area is 107 Å². The smallest absolute Gasteiger partial charge is 0.0110 e. The lowest BCUT2D eigenvalue weighted by molar-refractivity contribution is 0.150. The van der Waals surface area contributed by atoms with Crippen LogP contribution < -0.4 is 5.32 Å². The van der Waals surface area contributed by atoms with Crippen molar-refractivity contribution in [3.8, 4) is 0 Å². The van der Waals surface area contributed by atoms with Crippen molar-refractivity contribution >= 4 is 0 Å². The molecule has 0 bridgehead atoms. The van der Waals surface area contributed by atoms with Crippen LogP contribution in [0.1, 0.15) is 32.6 Å². The lowest BCUT2D eigenvalue weighted by Gasteiger charge is -2.34. The molecule has 1 N–H and O–H groups in total. The molecule has 2 rings (SSSR count). The fourth-order valence-electron chi connectivity index (χ4n) is 3.10. The number of likely N-dealkylation sites (N-methyl/N-ethyl adjacent to an activating group) is 1. The first-order valence-corrected chi connectivity index (χ1v) is 7.40. The molecule has 2 aliphatic rings. The summed E-state index contributed by atoms with van der Waals surface area (Å²) in [7, 11) is 2.22. The van der Waals surface area contributed by atoms with E-state index in [1.165, 1.54) is 65.0 Å². The molecule has 1 heterocycles. The number of piperazine rings is 1. The predicted molar refractivity (Wildman–Crippen MR) is 73.4 cm³/mol. The minimum Gasteiger partial charge on any atom is -0.312 e. The standard InChI is InChI=1S/C14H29N3/c1-13-5-3-4-6-14(13)15-7-8-17-11-9-16(2)10-12-17/h13-15H,3-12H2,1-2H3. The molecule has 1 saturated carbocycles. The Kier molecular flexibility index (Phi) is 5.26. The molecule has 3 nitrogen and oxygen atoms in total. The molecule has 2 unspecified atom stereocenters. The molecule has 0 radical (unpaired) electrons. The molecule has 2 atom stereocenters. The fourth-order valence-corrected chi connectivity index (χ4v) is 3.10. The first-order chi connectivity index (χ1) is 8.25. The third-order valence-corrected chi connectivity index (χ3v) is 4.54. The summed E-state index contributed by atoms with van der Waals surface area (Å²) >= 11 is 0. The maximum atomic E-state index is 3.77. The van der Waals surface area contributed by atoms with Gasteiger partial charge in [0.2, 0.25) is 0 Å². The first kappa shape index (κ1) is 13.3. The molecule has 0 aromatic carbocycles. The van der Waals surface area contributed by atoms with Crippen molar-refractivity contribution in [2.45, 2.75) is 38.6 Å². The molecule has 0 spiro atoms. The van der Waals surface area contributed by atoms with Crippen LogP contribution in [0.4, 0.5) is 0 Å². The Morgan fingerprint density at radius 2 is 1.76 bits per heavy atom. The molecule has 0 aromatic heterocycles. The maximum Gasteiger partial charge on any atom is 0.0110 e. The van der Waals surface area contributed by atoms with Gasteiger partial charge in [-0.15, -0.1) is 0 Å². The summed E-state index contributed by atoms with van der Waals surface area (Å²) in [6.45, 7) is 9.79. The van der Waals surface area contributed by atoms with Crippen molar-refractivity contribution in [3.63, 3.8) is 0 Å². The van der Waals surface area contributed by atoms with Crippen LogP contribution in [0, 0.1) is 5.92 Å². The summed E-state index contributed by atoms with van der Waals surface area (Å²) in [5, 5.41) is 3.77. The minimum atomic E-state index is 0.788. The Balaban J connectivity index is 1.59. The first-order valence-electron chi connectivity index (χ1n) is 7.40. The van der Waals surface area contributed by atoms with Crippen LogP contribution in [0.2, 0.25) is 0 Å². The third kappa shape index (κ3) is 4.23. The van der Waals surface area contributed by atoms with E-state index in [-0.39, 0.29) is 0 Å². The van der Waals surface area contributed by atoms with Gasteiger partial charge in [0.1, 0.15) is 0 Å². The summed E-state index contributed by atoms with van der Waals surface area (Å²) in [5.74, 6) is 0.885. The summed E-state index contributed by atoms with van der Waals surface area (Å²) in [5.41, 5.74) is 0. The van der Waals surface area contributed by atoms with E-state index in [1.807, 2.05) is 0 Å². The Morgan fingerprint density at radius 1 is 1.06 bits per heavy atom. The molecular weight excluding hydrogens is 210 g/mol. The highest BCUT2D eigenvalue weighted by Crippen LogP contribution is 2.23. The van der Waals surface area contributed by atoms with Gasteiger partial charge in [0.05, 0.1) is 0 Å².